The molecule has 1 N–H and O–H groups in total. The van der Waals surface area contributed by atoms with E-state index in [9.17, 15) is 17.6 Å². The first-order chi connectivity index (χ1) is 17.1. The van der Waals surface area contributed by atoms with Crippen LogP contribution < -0.4 is 10.2 Å². The molecule has 36 heavy (non-hydrogen) atoms. The van der Waals surface area contributed by atoms with Crippen molar-refractivity contribution in [3.63, 3.8) is 0 Å². The number of aryl methyl sites for hydroxylation is 2. The Morgan fingerprint density at radius 1 is 1.08 bits per heavy atom. The molecule has 1 amide bonds. The summed E-state index contributed by atoms with van der Waals surface area (Å²) in [6.07, 6.45) is 1.46. The number of nitrogens with zero attached hydrogens (tertiary/aromatic N) is 4. The summed E-state index contributed by atoms with van der Waals surface area (Å²) in [7, 11) is -3.99. The van der Waals surface area contributed by atoms with Crippen molar-refractivity contribution in [2.75, 3.05) is 31.1 Å². The third-order valence-corrected chi connectivity index (χ3v) is 8.59. The van der Waals surface area contributed by atoms with Gasteiger partial charge >= 0.3 is 0 Å². The molecule has 3 aromatic rings. The molecule has 2 aromatic carbocycles. The van der Waals surface area contributed by atoms with Crippen LogP contribution in [0.5, 0.6) is 0 Å². The van der Waals surface area contributed by atoms with Gasteiger partial charge in [-0.15, -0.1) is 0 Å². The quantitative estimate of drug-likeness (QED) is 0.521. The number of amides is 1. The minimum Gasteiger partial charge on any atom is -0.369 e. The highest BCUT2D eigenvalue weighted by molar-refractivity contribution is 7.89. The summed E-state index contributed by atoms with van der Waals surface area (Å²) in [6, 6.07) is 11.5. The van der Waals surface area contributed by atoms with Crippen LogP contribution in [-0.4, -0.2) is 54.6 Å². The molecule has 1 saturated heterocycles. The fraction of sp³-hybridized carbons (Fsp3) is 0.385. The number of aromatic nitrogens is 2. The SMILES string of the molecule is CCn1cc(C(=O)N[C@@H](C)c2ccc(F)cc2)c(S(=O)(=O)N2CCN(c3cccc(C)c3C)CC2)n1. The summed E-state index contributed by atoms with van der Waals surface area (Å²) in [5.41, 5.74) is 4.20. The van der Waals surface area contributed by atoms with Crippen LogP contribution in [0.2, 0.25) is 0 Å². The van der Waals surface area contributed by atoms with Crippen LogP contribution in [-0.2, 0) is 16.6 Å². The zero-order valence-electron chi connectivity index (χ0n) is 21.0. The average Bonchev–Trinajstić information content (AvgIpc) is 3.32. The molecule has 0 unspecified atom stereocenters. The van der Waals surface area contributed by atoms with Crippen molar-refractivity contribution in [1.82, 2.24) is 19.4 Å². The van der Waals surface area contributed by atoms with E-state index in [0.717, 1.165) is 5.69 Å². The highest BCUT2D eigenvalue weighted by atomic mass is 32.2. The lowest BCUT2D eigenvalue weighted by atomic mass is 10.1. The van der Waals surface area contributed by atoms with Crippen LogP contribution in [0.15, 0.2) is 53.7 Å². The third-order valence-electron chi connectivity index (χ3n) is 6.75. The lowest BCUT2D eigenvalue weighted by Gasteiger charge is -2.36. The van der Waals surface area contributed by atoms with Crippen LogP contribution >= 0.6 is 0 Å². The number of nitrogens with one attached hydrogen (secondary N) is 1. The number of carbonyl (C=O) groups excluding carboxylic acids is 1. The van der Waals surface area contributed by atoms with Gasteiger partial charge in [0.05, 0.1) is 11.6 Å². The highest BCUT2D eigenvalue weighted by Gasteiger charge is 2.35. The van der Waals surface area contributed by atoms with Gasteiger partial charge in [-0.2, -0.15) is 9.40 Å². The van der Waals surface area contributed by atoms with Gasteiger partial charge in [0.2, 0.25) is 5.03 Å². The molecule has 4 rings (SSSR count). The monoisotopic (exact) mass is 513 g/mol. The first-order valence-corrected chi connectivity index (χ1v) is 13.5. The first-order valence-electron chi connectivity index (χ1n) is 12.1. The zero-order chi connectivity index (χ0) is 26.0. The van der Waals surface area contributed by atoms with Crippen LogP contribution in [0, 0.1) is 19.7 Å². The van der Waals surface area contributed by atoms with Gasteiger partial charge in [-0.1, -0.05) is 24.3 Å². The molecule has 1 aromatic heterocycles. The molecule has 0 saturated carbocycles. The Kier molecular flexibility index (Phi) is 7.46. The van der Waals surface area contributed by atoms with Gasteiger partial charge in [0.25, 0.3) is 15.9 Å². The van der Waals surface area contributed by atoms with Gasteiger partial charge in [0.1, 0.15) is 5.82 Å². The normalized spacial score (nSPS) is 15.6. The molecule has 0 radical (unpaired) electrons. The summed E-state index contributed by atoms with van der Waals surface area (Å²) in [6.45, 7) is 9.82. The second kappa shape index (κ2) is 10.4. The molecule has 1 fully saturated rings. The van der Waals surface area contributed by atoms with Crippen molar-refractivity contribution < 1.29 is 17.6 Å². The van der Waals surface area contributed by atoms with E-state index in [0.29, 0.717) is 38.3 Å². The lowest BCUT2D eigenvalue weighted by molar-refractivity contribution is 0.0936. The number of piperazine rings is 1. The van der Waals surface area contributed by atoms with Gasteiger partial charge in [-0.05, 0) is 62.6 Å². The second-order valence-electron chi connectivity index (χ2n) is 9.06. The summed E-state index contributed by atoms with van der Waals surface area (Å²) < 4.78 is 43.3. The van der Waals surface area contributed by atoms with E-state index in [-0.39, 0.29) is 16.4 Å². The van der Waals surface area contributed by atoms with Gasteiger partial charge in [-0.3, -0.25) is 9.48 Å². The Labute approximate surface area is 211 Å². The number of rotatable bonds is 7. The molecular weight excluding hydrogens is 481 g/mol. The third kappa shape index (κ3) is 5.15. The van der Waals surface area contributed by atoms with Crippen LogP contribution in [0.1, 0.15) is 46.9 Å². The largest absolute Gasteiger partial charge is 0.369 e. The predicted molar refractivity (Wildman–Crippen MR) is 137 cm³/mol. The van der Waals surface area contributed by atoms with E-state index in [1.807, 2.05) is 13.0 Å². The number of sulfonamides is 1. The Bertz CT molecular complexity index is 1350. The maximum absolute atomic E-state index is 13.6. The smallest absolute Gasteiger partial charge is 0.263 e. The molecule has 0 bridgehead atoms. The Balaban J connectivity index is 1.53. The van der Waals surface area contributed by atoms with E-state index in [2.05, 4.69) is 41.3 Å². The molecule has 10 heteroatoms. The van der Waals surface area contributed by atoms with Gasteiger partial charge in [0.15, 0.2) is 0 Å². The van der Waals surface area contributed by atoms with Crippen LogP contribution in [0.3, 0.4) is 0 Å². The molecule has 8 nitrogen and oxygen atoms in total. The molecule has 192 valence electrons. The van der Waals surface area contributed by atoms with Crippen molar-refractivity contribution in [2.24, 2.45) is 0 Å². The average molecular weight is 514 g/mol. The van der Waals surface area contributed by atoms with Crippen molar-refractivity contribution in [2.45, 2.75) is 45.3 Å². The first kappa shape index (κ1) is 25.8. The number of carbonyl (C=O) groups is 1. The summed E-state index contributed by atoms with van der Waals surface area (Å²) >= 11 is 0. The van der Waals surface area contributed by atoms with E-state index in [1.54, 1.807) is 19.1 Å². The number of halogens is 1. The molecule has 1 aliphatic rings. The highest BCUT2D eigenvalue weighted by Crippen LogP contribution is 2.26. The second-order valence-corrected chi connectivity index (χ2v) is 10.9. The maximum atomic E-state index is 13.6. The Morgan fingerprint density at radius 3 is 2.39 bits per heavy atom. The summed E-state index contributed by atoms with van der Waals surface area (Å²) in [5.74, 6) is -0.911. The topological polar surface area (TPSA) is 87.5 Å². The minimum atomic E-state index is -3.99. The number of hydrogen-bond donors (Lipinski definition) is 1. The fourth-order valence-electron chi connectivity index (χ4n) is 4.39. The van der Waals surface area contributed by atoms with Gasteiger partial charge < -0.3 is 10.2 Å². The Hall–Kier alpha value is -3.24. The van der Waals surface area contributed by atoms with Crippen molar-refractivity contribution in [1.29, 1.82) is 0 Å². The van der Waals surface area contributed by atoms with Crippen molar-refractivity contribution >= 4 is 21.6 Å². The van der Waals surface area contributed by atoms with Crippen molar-refractivity contribution in [3.05, 3.63) is 76.7 Å². The fourth-order valence-corrected chi connectivity index (χ4v) is 5.91. The molecule has 2 heterocycles. The standard InChI is InChI=1S/C26H32FN5O3S/c1-5-31-17-23(25(33)28-20(4)21-9-11-22(27)12-10-21)26(29-31)36(34,35)32-15-13-30(14-16-32)24-8-6-7-18(2)19(24)3/h6-12,17,20H,5,13-16H2,1-4H3,(H,28,33)/t20-/m0/s1. The number of benzene rings is 2. The molecular formula is C26H32FN5O3S. The van der Waals surface area contributed by atoms with Gasteiger partial charge in [0, 0.05) is 44.6 Å². The van der Waals surface area contributed by atoms with E-state index < -0.39 is 22.0 Å². The number of hydrogen-bond acceptors (Lipinski definition) is 5. The van der Waals surface area contributed by atoms with E-state index in [1.165, 1.54) is 38.4 Å². The minimum absolute atomic E-state index is 0.00256. The number of anilines is 1. The molecule has 1 atom stereocenters. The van der Waals surface area contributed by atoms with Crippen LogP contribution in [0.25, 0.3) is 0 Å². The molecule has 0 aliphatic carbocycles. The van der Waals surface area contributed by atoms with Crippen molar-refractivity contribution in [3.8, 4) is 0 Å². The van der Waals surface area contributed by atoms with E-state index >= 15 is 0 Å². The summed E-state index contributed by atoms with van der Waals surface area (Å²) in [4.78, 5) is 15.3. The Morgan fingerprint density at radius 2 is 1.75 bits per heavy atom. The molecule has 0 spiro atoms. The van der Waals surface area contributed by atoms with Crippen LogP contribution in [0.4, 0.5) is 10.1 Å². The molecule has 1 aliphatic heterocycles. The van der Waals surface area contributed by atoms with Gasteiger partial charge in [-0.25, -0.2) is 12.8 Å². The van der Waals surface area contributed by atoms with E-state index in [4.69, 9.17) is 0 Å². The summed E-state index contributed by atoms with van der Waals surface area (Å²) in [5, 5.41) is 6.83. The lowest BCUT2D eigenvalue weighted by Crippen LogP contribution is -2.49. The maximum Gasteiger partial charge on any atom is 0.263 e. The zero-order valence-corrected chi connectivity index (χ0v) is 21.8. The predicted octanol–water partition coefficient (Wildman–Crippen LogP) is 3.66.